The standard InChI is InChI=1S/C18H13FO4/c1-11-8-17(20)23-16-10-13(6-7-14(11)16)22-18(21)9-12-4-2-3-5-15(12)19/h2-8,10H,9H2,1H3. The lowest BCUT2D eigenvalue weighted by molar-refractivity contribution is -0.133. The van der Waals surface area contributed by atoms with Crippen LogP contribution in [0, 0.1) is 12.7 Å². The molecule has 1 aromatic heterocycles. The number of hydrogen-bond acceptors (Lipinski definition) is 4. The normalized spacial score (nSPS) is 10.7. The second-order valence-corrected chi connectivity index (χ2v) is 5.15. The van der Waals surface area contributed by atoms with Gasteiger partial charge in [0.15, 0.2) is 0 Å². The van der Waals surface area contributed by atoms with E-state index in [-0.39, 0.29) is 17.7 Å². The van der Waals surface area contributed by atoms with Crippen molar-refractivity contribution in [3.05, 3.63) is 75.9 Å². The molecule has 0 N–H and O–H groups in total. The van der Waals surface area contributed by atoms with Crippen molar-refractivity contribution in [1.82, 2.24) is 0 Å². The maximum Gasteiger partial charge on any atom is 0.336 e. The number of aryl methyl sites for hydroxylation is 1. The highest BCUT2D eigenvalue weighted by atomic mass is 19.1. The topological polar surface area (TPSA) is 56.5 Å². The third kappa shape index (κ3) is 3.29. The summed E-state index contributed by atoms with van der Waals surface area (Å²) < 4.78 is 23.8. The molecule has 0 bridgehead atoms. The van der Waals surface area contributed by atoms with Crippen LogP contribution < -0.4 is 10.4 Å². The van der Waals surface area contributed by atoms with Crippen molar-refractivity contribution in [3.8, 4) is 5.75 Å². The molecule has 2 aromatic carbocycles. The van der Waals surface area contributed by atoms with Gasteiger partial charge in [-0.3, -0.25) is 4.79 Å². The summed E-state index contributed by atoms with van der Waals surface area (Å²) in [5.41, 5.74) is 0.914. The Morgan fingerprint density at radius 2 is 1.96 bits per heavy atom. The minimum atomic E-state index is -0.593. The van der Waals surface area contributed by atoms with Crippen LogP contribution in [0.5, 0.6) is 5.75 Å². The Kier molecular flexibility index (Phi) is 3.93. The summed E-state index contributed by atoms with van der Waals surface area (Å²) in [5, 5.41) is 0.763. The van der Waals surface area contributed by atoms with Crippen molar-refractivity contribution in [2.45, 2.75) is 13.3 Å². The van der Waals surface area contributed by atoms with E-state index in [1.165, 1.54) is 24.3 Å². The number of carbonyl (C=O) groups is 1. The molecular formula is C18H13FO4. The van der Waals surface area contributed by atoms with Gasteiger partial charge in [-0.1, -0.05) is 18.2 Å². The molecule has 0 saturated carbocycles. The highest BCUT2D eigenvalue weighted by Crippen LogP contribution is 2.22. The predicted octanol–water partition coefficient (Wildman–Crippen LogP) is 3.39. The van der Waals surface area contributed by atoms with Gasteiger partial charge < -0.3 is 9.15 Å². The van der Waals surface area contributed by atoms with Crippen molar-refractivity contribution in [1.29, 1.82) is 0 Å². The molecule has 0 atom stereocenters. The van der Waals surface area contributed by atoms with Gasteiger partial charge in [0.05, 0.1) is 6.42 Å². The van der Waals surface area contributed by atoms with E-state index in [1.54, 1.807) is 31.2 Å². The largest absolute Gasteiger partial charge is 0.426 e. The van der Waals surface area contributed by atoms with Crippen molar-refractivity contribution in [2.75, 3.05) is 0 Å². The Labute approximate surface area is 131 Å². The van der Waals surface area contributed by atoms with Gasteiger partial charge in [-0.2, -0.15) is 0 Å². The number of carbonyl (C=O) groups excluding carboxylic acids is 1. The van der Waals surface area contributed by atoms with E-state index in [0.717, 1.165) is 10.9 Å². The van der Waals surface area contributed by atoms with Gasteiger partial charge in [0.25, 0.3) is 0 Å². The number of benzene rings is 2. The SMILES string of the molecule is Cc1cc(=O)oc2cc(OC(=O)Cc3ccccc3F)ccc12. The van der Waals surface area contributed by atoms with Crippen LogP contribution in [0.1, 0.15) is 11.1 Å². The average molecular weight is 312 g/mol. The average Bonchev–Trinajstić information content (AvgIpc) is 2.49. The monoisotopic (exact) mass is 312 g/mol. The van der Waals surface area contributed by atoms with E-state index < -0.39 is 17.4 Å². The summed E-state index contributed by atoms with van der Waals surface area (Å²) in [6.45, 7) is 1.79. The fourth-order valence-corrected chi connectivity index (χ4v) is 2.33. The first-order chi connectivity index (χ1) is 11.0. The fraction of sp³-hybridized carbons (Fsp3) is 0.111. The molecular weight excluding hydrogens is 299 g/mol. The lowest BCUT2D eigenvalue weighted by Gasteiger charge is -2.06. The predicted molar refractivity (Wildman–Crippen MR) is 83.0 cm³/mol. The third-order valence-corrected chi connectivity index (χ3v) is 3.45. The Balaban J connectivity index is 1.83. The van der Waals surface area contributed by atoms with Crippen LogP contribution in [0.4, 0.5) is 4.39 Å². The smallest absolute Gasteiger partial charge is 0.336 e. The second-order valence-electron chi connectivity index (χ2n) is 5.15. The molecule has 116 valence electrons. The van der Waals surface area contributed by atoms with E-state index in [1.807, 2.05) is 0 Å². The quantitative estimate of drug-likeness (QED) is 0.422. The Morgan fingerprint density at radius 1 is 1.17 bits per heavy atom. The van der Waals surface area contributed by atoms with Crippen molar-refractivity contribution in [3.63, 3.8) is 0 Å². The number of ether oxygens (including phenoxy) is 1. The zero-order chi connectivity index (χ0) is 16.4. The van der Waals surface area contributed by atoms with Crippen molar-refractivity contribution in [2.24, 2.45) is 0 Å². The molecule has 23 heavy (non-hydrogen) atoms. The Bertz CT molecular complexity index is 943. The van der Waals surface area contributed by atoms with Gasteiger partial charge in [0.1, 0.15) is 17.1 Å². The molecule has 5 heteroatoms. The summed E-state index contributed by atoms with van der Waals surface area (Å²) in [6.07, 6.45) is -0.178. The molecule has 0 aliphatic heterocycles. The van der Waals surface area contributed by atoms with Crippen LogP contribution in [-0.4, -0.2) is 5.97 Å². The number of halogens is 1. The molecule has 0 saturated heterocycles. The molecule has 0 aliphatic rings. The maximum atomic E-state index is 13.5. The van der Waals surface area contributed by atoms with E-state index in [0.29, 0.717) is 5.58 Å². The van der Waals surface area contributed by atoms with Gasteiger partial charge in [-0.25, -0.2) is 9.18 Å². The van der Waals surface area contributed by atoms with E-state index >= 15 is 0 Å². The Hall–Kier alpha value is -2.95. The molecule has 1 heterocycles. The lowest BCUT2D eigenvalue weighted by atomic mass is 10.1. The van der Waals surface area contributed by atoms with Gasteiger partial charge in [0, 0.05) is 17.5 Å². The van der Waals surface area contributed by atoms with Crippen molar-refractivity contribution < 1.29 is 18.3 Å². The molecule has 3 rings (SSSR count). The summed E-state index contributed by atoms with van der Waals surface area (Å²) in [4.78, 5) is 23.3. The Morgan fingerprint density at radius 3 is 2.74 bits per heavy atom. The lowest BCUT2D eigenvalue weighted by Crippen LogP contribution is -2.12. The minimum Gasteiger partial charge on any atom is -0.426 e. The molecule has 3 aromatic rings. The zero-order valence-electron chi connectivity index (χ0n) is 12.3. The second kappa shape index (κ2) is 6.04. The summed E-state index contributed by atoms with van der Waals surface area (Å²) in [6, 6.07) is 12.2. The van der Waals surface area contributed by atoms with Gasteiger partial charge in [-0.05, 0) is 36.2 Å². The van der Waals surface area contributed by atoms with Crippen LogP contribution >= 0.6 is 0 Å². The summed E-state index contributed by atoms with van der Waals surface area (Å²) in [5.74, 6) is -0.804. The van der Waals surface area contributed by atoms with Gasteiger partial charge >= 0.3 is 11.6 Å². The van der Waals surface area contributed by atoms with Crippen LogP contribution in [-0.2, 0) is 11.2 Å². The van der Waals surface area contributed by atoms with Crippen LogP contribution in [0.2, 0.25) is 0 Å². The molecule has 0 unspecified atom stereocenters. The van der Waals surface area contributed by atoms with Gasteiger partial charge in [0.2, 0.25) is 0 Å². The number of esters is 1. The minimum absolute atomic E-state index is 0.178. The number of hydrogen-bond donors (Lipinski definition) is 0. The van der Waals surface area contributed by atoms with E-state index in [4.69, 9.17) is 9.15 Å². The molecule has 4 nitrogen and oxygen atoms in total. The highest BCUT2D eigenvalue weighted by Gasteiger charge is 2.11. The maximum absolute atomic E-state index is 13.5. The van der Waals surface area contributed by atoms with E-state index in [2.05, 4.69) is 0 Å². The number of fused-ring (bicyclic) bond motifs is 1. The first-order valence-electron chi connectivity index (χ1n) is 7.01. The van der Waals surface area contributed by atoms with Gasteiger partial charge in [-0.15, -0.1) is 0 Å². The fourth-order valence-electron chi connectivity index (χ4n) is 2.33. The molecule has 0 amide bonds. The summed E-state index contributed by atoms with van der Waals surface area (Å²) >= 11 is 0. The third-order valence-electron chi connectivity index (χ3n) is 3.45. The molecule has 0 fully saturated rings. The van der Waals surface area contributed by atoms with E-state index in [9.17, 15) is 14.0 Å². The molecule has 0 spiro atoms. The first kappa shape index (κ1) is 15.0. The van der Waals surface area contributed by atoms with Crippen LogP contribution in [0.15, 0.2) is 57.7 Å². The molecule has 0 radical (unpaired) electrons. The highest BCUT2D eigenvalue weighted by molar-refractivity contribution is 5.82. The zero-order valence-corrected chi connectivity index (χ0v) is 12.3. The van der Waals surface area contributed by atoms with Crippen LogP contribution in [0.25, 0.3) is 11.0 Å². The molecule has 0 aliphatic carbocycles. The summed E-state index contributed by atoms with van der Waals surface area (Å²) in [7, 11) is 0. The first-order valence-corrected chi connectivity index (χ1v) is 7.01. The van der Waals surface area contributed by atoms with Crippen molar-refractivity contribution >= 4 is 16.9 Å². The van der Waals surface area contributed by atoms with Crippen LogP contribution in [0.3, 0.4) is 0 Å². The number of rotatable bonds is 3.